The number of nitrogens with one attached hydrogen (secondary N) is 1. The quantitative estimate of drug-likeness (QED) is 0.882. The van der Waals surface area contributed by atoms with E-state index in [-0.39, 0.29) is 0 Å². The third-order valence-corrected chi connectivity index (χ3v) is 4.73. The van der Waals surface area contributed by atoms with Crippen molar-refractivity contribution in [3.05, 3.63) is 34.0 Å². The first kappa shape index (κ1) is 12.8. The Morgan fingerprint density at radius 1 is 1.47 bits per heavy atom. The van der Waals surface area contributed by atoms with Gasteiger partial charge in [0.2, 0.25) is 0 Å². The molecule has 1 atom stereocenters. The van der Waals surface area contributed by atoms with E-state index in [2.05, 4.69) is 51.6 Å². The summed E-state index contributed by atoms with van der Waals surface area (Å²) in [4.78, 5) is 1.40. The highest BCUT2D eigenvalue weighted by molar-refractivity contribution is 7.10. The first-order chi connectivity index (χ1) is 9.29. The van der Waals surface area contributed by atoms with E-state index in [1.54, 1.807) is 0 Å². The summed E-state index contributed by atoms with van der Waals surface area (Å²) in [5.74, 6) is 2.85. The summed E-state index contributed by atoms with van der Waals surface area (Å²) in [5.41, 5.74) is 0. The van der Waals surface area contributed by atoms with E-state index in [0.29, 0.717) is 12.0 Å². The Kier molecular flexibility index (Phi) is 3.66. The minimum absolute atomic E-state index is 0.418. The monoisotopic (exact) mass is 276 g/mol. The standard InChI is InChI=1S/C14H20N4S/c1-3-11(12-5-4-8-19-12)15-9-13-16-17-14(18(13)2)10-6-7-10/h4-5,8,10-11,15H,3,6-7,9H2,1-2H3/t11-/m0/s1. The van der Waals surface area contributed by atoms with Gasteiger partial charge in [-0.05, 0) is 30.7 Å². The van der Waals surface area contributed by atoms with Crippen molar-refractivity contribution in [1.82, 2.24) is 20.1 Å². The molecule has 2 aromatic rings. The van der Waals surface area contributed by atoms with Crippen molar-refractivity contribution >= 4 is 11.3 Å². The molecule has 1 aliphatic rings. The average molecular weight is 276 g/mol. The molecule has 102 valence electrons. The molecule has 0 saturated heterocycles. The summed E-state index contributed by atoms with van der Waals surface area (Å²) < 4.78 is 2.16. The Morgan fingerprint density at radius 2 is 2.32 bits per heavy atom. The van der Waals surface area contributed by atoms with E-state index in [1.807, 2.05) is 11.3 Å². The third-order valence-electron chi connectivity index (χ3n) is 3.74. The van der Waals surface area contributed by atoms with Crippen molar-refractivity contribution in [3.8, 4) is 0 Å². The molecule has 0 amide bonds. The van der Waals surface area contributed by atoms with Crippen molar-refractivity contribution in [3.63, 3.8) is 0 Å². The summed E-state index contributed by atoms with van der Waals surface area (Å²) in [6.45, 7) is 3.00. The summed E-state index contributed by atoms with van der Waals surface area (Å²) in [6.07, 6.45) is 3.63. The van der Waals surface area contributed by atoms with Gasteiger partial charge in [-0.25, -0.2) is 0 Å². The SMILES string of the molecule is CC[C@H](NCc1nnc(C2CC2)n1C)c1cccs1. The maximum absolute atomic E-state index is 4.32. The first-order valence-electron chi connectivity index (χ1n) is 6.94. The van der Waals surface area contributed by atoms with Crippen LogP contribution in [0.5, 0.6) is 0 Å². The van der Waals surface area contributed by atoms with Crippen LogP contribution in [0.15, 0.2) is 17.5 Å². The predicted molar refractivity (Wildman–Crippen MR) is 77.2 cm³/mol. The van der Waals surface area contributed by atoms with Gasteiger partial charge in [0.15, 0.2) is 0 Å². The van der Waals surface area contributed by atoms with Crippen LogP contribution in [0, 0.1) is 0 Å². The van der Waals surface area contributed by atoms with Crippen LogP contribution in [0.25, 0.3) is 0 Å². The lowest BCUT2D eigenvalue weighted by atomic mass is 10.2. The third kappa shape index (κ3) is 2.72. The largest absolute Gasteiger partial charge is 0.317 e. The summed E-state index contributed by atoms with van der Waals surface area (Å²) in [7, 11) is 2.08. The number of aromatic nitrogens is 3. The highest BCUT2D eigenvalue weighted by atomic mass is 32.1. The molecule has 4 nitrogen and oxygen atoms in total. The molecular formula is C14H20N4S. The molecule has 0 bridgehead atoms. The average Bonchev–Trinajstić information content (AvgIpc) is 2.98. The zero-order chi connectivity index (χ0) is 13.2. The molecule has 1 aliphatic carbocycles. The van der Waals surface area contributed by atoms with Gasteiger partial charge >= 0.3 is 0 Å². The normalized spacial score (nSPS) is 16.7. The Hall–Kier alpha value is -1.20. The van der Waals surface area contributed by atoms with Crippen LogP contribution in [0.2, 0.25) is 0 Å². The Balaban J connectivity index is 1.65. The van der Waals surface area contributed by atoms with Crippen LogP contribution >= 0.6 is 11.3 Å². The van der Waals surface area contributed by atoms with E-state index in [4.69, 9.17) is 0 Å². The van der Waals surface area contributed by atoms with Crippen LogP contribution in [-0.4, -0.2) is 14.8 Å². The van der Waals surface area contributed by atoms with Crippen LogP contribution in [-0.2, 0) is 13.6 Å². The highest BCUT2D eigenvalue weighted by Gasteiger charge is 2.29. The van der Waals surface area contributed by atoms with Crippen molar-refractivity contribution in [2.75, 3.05) is 0 Å². The molecule has 19 heavy (non-hydrogen) atoms. The molecule has 0 aliphatic heterocycles. The van der Waals surface area contributed by atoms with Gasteiger partial charge < -0.3 is 9.88 Å². The van der Waals surface area contributed by atoms with Crippen molar-refractivity contribution in [1.29, 1.82) is 0 Å². The van der Waals surface area contributed by atoms with Crippen LogP contribution in [0.3, 0.4) is 0 Å². The Bertz CT molecular complexity index is 528. The molecule has 0 aromatic carbocycles. The molecule has 0 unspecified atom stereocenters. The van der Waals surface area contributed by atoms with Gasteiger partial charge in [0.05, 0.1) is 6.54 Å². The van der Waals surface area contributed by atoms with E-state index in [1.165, 1.54) is 17.7 Å². The molecule has 1 N–H and O–H groups in total. The number of hydrogen-bond acceptors (Lipinski definition) is 4. The maximum Gasteiger partial charge on any atom is 0.146 e. The Morgan fingerprint density at radius 3 is 2.95 bits per heavy atom. The number of hydrogen-bond donors (Lipinski definition) is 1. The van der Waals surface area contributed by atoms with Gasteiger partial charge in [0, 0.05) is 23.9 Å². The van der Waals surface area contributed by atoms with Crippen molar-refractivity contribution < 1.29 is 0 Å². The second kappa shape index (κ2) is 5.43. The fourth-order valence-corrected chi connectivity index (χ4v) is 3.26. The Labute approximate surface area is 117 Å². The minimum atomic E-state index is 0.418. The molecule has 3 rings (SSSR count). The fraction of sp³-hybridized carbons (Fsp3) is 0.571. The van der Waals surface area contributed by atoms with Gasteiger partial charge in [-0.2, -0.15) is 0 Å². The zero-order valence-electron chi connectivity index (χ0n) is 11.5. The van der Waals surface area contributed by atoms with E-state index >= 15 is 0 Å². The number of nitrogens with zero attached hydrogens (tertiary/aromatic N) is 3. The molecule has 1 saturated carbocycles. The molecule has 2 aromatic heterocycles. The van der Waals surface area contributed by atoms with E-state index in [9.17, 15) is 0 Å². The second-order valence-corrected chi connectivity index (χ2v) is 6.14. The van der Waals surface area contributed by atoms with Crippen LogP contribution < -0.4 is 5.32 Å². The molecule has 2 heterocycles. The summed E-state index contributed by atoms with van der Waals surface area (Å²) >= 11 is 1.81. The van der Waals surface area contributed by atoms with E-state index < -0.39 is 0 Å². The van der Waals surface area contributed by atoms with Crippen LogP contribution in [0.4, 0.5) is 0 Å². The van der Waals surface area contributed by atoms with E-state index in [0.717, 1.165) is 24.6 Å². The van der Waals surface area contributed by atoms with Gasteiger partial charge in [-0.15, -0.1) is 21.5 Å². The lowest BCUT2D eigenvalue weighted by Gasteiger charge is -2.15. The van der Waals surface area contributed by atoms with Crippen molar-refractivity contribution in [2.45, 2.75) is 44.7 Å². The molecule has 0 radical (unpaired) electrons. The number of thiophene rings is 1. The van der Waals surface area contributed by atoms with Crippen molar-refractivity contribution in [2.24, 2.45) is 7.05 Å². The zero-order valence-corrected chi connectivity index (χ0v) is 12.3. The van der Waals surface area contributed by atoms with Gasteiger partial charge in [0.1, 0.15) is 11.6 Å². The maximum atomic E-state index is 4.32. The molecular weight excluding hydrogens is 256 g/mol. The topological polar surface area (TPSA) is 42.7 Å². The fourth-order valence-electron chi connectivity index (χ4n) is 2.38. The smallest absolute Gasteiger partial charge is 0.146 e. The van der Waals surface area contributed by atoms with Gasteiger partial charge in [-0.1, -0.05) is 13.0 Å². The predicted octanol–water partition coefficient (Wildman–Crippen LogP) is 2.99. The molecule has 0 spiro atoms. The minimum Gasteiger partial charge on any atom is -0.317 e. The van der Waals surface area contributed by atoms with Crippen LogP contribution in [0.1, 0.15) is 54.7 Å². The number of rotatable bonds is 6. The van der Waals surface area contributed by atoms with Gasteiger partial charge in [0.25, 0.3) is 0 Å². The summed E-state index contributed by atoms with van der Waals surface area (Å²) in [5, 5.41) is 14.4. The highest BCUT2D eigenvalue weighted by Crippen LogP contribution is 2.38. The molecule has 1 fully saturated rings. The van der Waals surface area contributed by atoms with Gasteiger partial charge in [-0.3, -0.25) is 0 Å². The summed E-state index contributed by atoms with van der Waals surface area (Å²) in [6, 6.07) is 4.72. The lowest BCUT2D eigenvalue weighted by Crippen LogP contribution is -2.21. The lowest BCUT2D eigenvalue weighted by molar-refractivity contribution is 0.507. The first-order valence-corrected chi connectivity index (χ1v) is 7.82. The second-order valence-electron chi connectivity index (χ2n) is 5.16. The molecule has 5 heteroatoms.